The molecule has 0 fully saturated rings. The van der Waals surface area contributed by atoms with Crippen LogP contribution in [0.15, 0.2) is 18.2 Å². The van der Waals surface area contributed by atoms with Crippen LogP contribution in [0.25, 0.3) is 0 Å². The molecule has 0 heterocycles. The van der Waals surface area contributed by atoms with Gasteiger partial charge in [0, 0.05) is 0 Å². The number of halogens is 1. The Balaban J connectivity index is 2.98. The van der Waals surface area contributed by atoms with Gasteiger partial charge in [-0.1, -0.05) is 6.07 Å². The second-order valence-electron chi connectivity index (χ2n) is 3.66. The molecular weight excluding hydrogens is 245 g/mol. The van der Waals surface area contributed by atoms with Crippen molar-refractivity contribution in [3.05, 3.63) is 29.6 Å². The van der Waals surface area contributed by atoms with Crippen molar-refractivity contribution in [2.75, 3.05) is 0 Å². The van der Waals surface area contributed by atoms with Gasteiger partial charge in [0.25, 0.3) is 5.91 Å². The van der Waals surface area contributed by atoms with Crippen molar-refractivity contribution in [2.45, 2.75) is 19.1 Å². The van der Waals surface area contributed by atoms with Crippen LogP contribution < -0.4 is 5.32 Å². The van der Waals surface area contributed by atoms with E-state index in [9.17, 15) is 19.1 Å². The summed E-state index contributed by atoms with van der Waals surface area (Å²) in [4.78, 5) is 22.4. The van der Waals surface area contributed by atoms with Crippen LogP contribution in [0.2, 0.25) is 0 Å². The number of nitrogens with one attached hydrogen (secondary N) is 1. The van der Waals surface area contributed by atoms with Gasteiger partial charge in [0.15, 0.2) is 6.04 Å². The van der Waals surface area contributed by atoms with Crippen molar-refractivity contribution < 1.29 is 29.3 Å². The van der Waals surface area contributed by atoms with Crippen molar-refractivity contribution in [1.82, 2.24) is 5.32 Å². The highest BCUT2D eigenvalue weighted by Crippen LogP contribution is 2.19. The van der Waals surface area contributed by atoms with E-state index in [1.165, 1.54) is 13.0 Å². The van der Waals surface area contributed by atoms with E-state index in [-0.39, 0.29) is 0 Å². The lowest BCUT2D eigenvalue weighted by Crippen LogP contribution is -2.47. The predicted molar refractivity (Wildman–Crippen MR) is 58.6 cm³/mol. The number of phenols is 1. The third-order valence-electron chi connectivity index (χ3n) is 2.25. The average molecular weight is 257 g/mol. The molecule has 0 spiro atoms. The summed E-state index contributed by atoms with van der Waals surface area (Å²) in [7, 11) is 0. The van der Waals surface area contributed by atoms with Crippen LogP contribution in [0.4, 0.5) is 4.39 Å². The van der Waals surface area contributed by atoms with Gasteiger partial charge >= 0.3 is 5.97 Å². The molecule has 7 heteroatoms. The monoisotopic (exact) mass is 257 g/mol. The van der Waals surface area contributed by atoms with Crippen LogP contribution in [-0.4, -0.2) is 39.3 Å². The summed E-state index contributed by atoms with van der Waals surface area (Å²) >= 11 is 0. The van der Waals surface area contributed by atoms with Crippen molar-refractivity contribution in [1.29, 1.82) is 0 Å². The first-order valence-corrected chi connectivity index (χ1v) is 5.03. The minimum Gasteiger partial charge on any atom is -0.507 e. The van der Waals surface area contributed by atoms with Crippen LogP contribution in [0.3, 0.4) is 0 Å². The van der Waals surface area contributed by atoms with E-state index in [1.807, 2.05) is 5.32 Å². The molecule has 0 saturated heterocycles. The SMILES string of the molecule is CC(O)C(NC(=O)c1c(O)cccc1F)C(=O)O. The number of hydrogen-bond donors (Lipinski definition) is 4. The largest absolute Gasteiger partial charge is 0.507 e. The summed E-state index contributed by atoms with van der Waals surface area (Å²) in [6.45, 7) is 1.17. The van der Waals surface area contributed by atoms with Gasteiger partial charge in [-0.05, 0) is 19.1 Å². The van der Waals surface area contributed by atoms with E-state index < -0.39 is 41.2 Å². The van der Waals surface area contributed by atoms with E-state index in [1.54, 1.807) is 0 Å². The number of aromatic hydroxyl groups is 1. The van der Waals surface area contributed by atoms with Crippen LogP contribution >= 0.6 is 0 Å². The molecule has 1 rings (SSSR count). The molecule has 0 radical (unpaired) electrons. The first-order chi connectivity index (χ1) is 8.34. The van der Waals surface area contributed by atoms with Crippen molar-refractivity contribution in [3.63, 3.8) is 0 Å². The number of hydrogen-bond acceptors (Lipinski definition) is 4. The third kappa shape index (κ3) is 2.95. The number of carbonyl (C=O) groups excluding carboxylic acids is 1. The molecule has 0 bridgehead atoms. The Morgan fingerprint density at radius 1 is 1.39 bits per heavy atom. The van der Waals surface area contributed by atoms with Crippen molar-refractivity contribution in [3.8, 4) is 5.75 Å². The van der Waals surface area contributed by atoms with E-state index in [2.05, 4.69) is 0 Å². The quantitative estimate of drug-likeness (QED) is 0.611. The summed E-state index contributed by atoms with van der Waals surface area (Å²) in [6.07, 6.45) is -1.36. The Morgan fingerprint density at radius 3 is 2.44 bits per heavy atom. The normalized spacial score (nSPS) is 13.7. The van der Waals surface area contributed by atoms with Crippen LogP contribution in [0.1, 0.15) is 17.3 Å². The first kappa shape index (κ1) is 13.9. The molecule has 1 aromatic carbocycles. The van der Waals surface area contributed by atoms with Gasteiger partial charge in [0.05, 0.1) is 6.10 Å². The van der Waals surface area contributed by atoms with Crippen molar-refractivity contribution in [2.24, 2.45) is 0 Å². The average Bonchev–Trinajstić information content (AvgIpc) is 2.24. The van der Waals surface area contributed by atoms with Gasteiger partial charge in [-0.2, -0.15) is 0 Å². The highest BCUT2D eigenvalue weighted by atomic mass is 19.1. The zero-order chi connectivity index (χ0) is 13.9. The second kappa shape index (κ2) is 5.46. The number of carbonyl (C=O) groups is 2. The molecule has 0 saturated carbocycles. The minimum absolute atomic E-state index is 0.609. The lowest BCUT2D eigenvalue weighted by Gasteiger charge is -2.17. The number of amides is 1. The van der Waals surface area contributed by atoms with E-state index in [4.69, 9.17) is 10.2 Å². The number of phenolic OH excluding ortho intramolecular Hbond substituents is 1. The fourth-order valence-corrected chi connectivity index (χ4v) is 1.34. The Labute approximate surface area is 102 Å². The number of aliphatic hydroxyl groups excluding tert-OH is 1. The lowest BCUT2D eigenvalue weighted by atomic mass is 10.1. The van der Waals surface area contributed by atoms with E-state index in [0.717, 1.165) is 12.1 Å². The summed E-state index contributed by atoms with van der Waals surface area (Å²) < 4.78 is 13.3. The Kier molecular flexibility index (Phi) is 4.22. The molecule has 98 valence electrons. The number of carboxylic acid groups (broad SMARTS) is 1. The molecule has 1 amide bonds. The Morgan fingerprint density at radius 2 is 2.00 bits per heavy atom. The highest BCUT2D eigenvalue weighted by molar-refractivity contribution is 5.99. The molecule has 0 aliphatic carbocycles. The molecule has 6 nitrogen and oxygen atoms in total. The third-order valence-corrected chi connectivity index (χ3v) is 2.25. The smallest absolute Gasteiger partial charge is 0.328 e. The molecule has 0 aliphatic heterocycles. The topological polar surface area (TPSA) is 107 Å². The Bertz CT molecular complexity index is 454. The van der Waals surface area contributed by atoms with Crippen molar-refractivity contribution >= 4 is 11.9 Å². The molecule has 4 N–H and O–H groups in total. The summed E-state index contributed by atoms with van der Waals surface area (Å²) in [5.41, 5.74) is -0.663. The fraction of sp³-hybridized carbons (Fsp3) is 0.273. The van der Waals surface area contributed by atoms with Gasteiger partial charge in [-0.3, -0.25) is 4.79 Å². The van der Waals surface area contributed by atoms with E-state index >= 15 is 0 Å². The standard InChI is InChI=1S/C11H12FNO5/c1-5(14)9(11(17)18)13-10(16)8-6(12)3-2-4-7(8)15/h2-5,9,14-15H,1H3,(H,13,16)(H,17,18). The zero-order valence-electron chi connectivity index (χ0n) is 9.42. The van der Waals surface area contributed by atoms with Gasteiger partial charge in [0.2, 0.25) is 0 Å². The maximum absolute atomic E-state index is 13.3. The number of aliphatic hydroxyl groups is 1. The van der Waals surface area contributed by atoms with Crippen LogP contribution in [0, 0.1) is 5.82 Å². The fourth-order valence-electron chi connectivity index (χ4n) is 1.34. The molecular formula is C11H12FNO5. The number of rotatable bonds is 4. The number of benzene rings is 1. The summed E-state index contributed by atoms with van der Waals surface area (Å²) in [5.74, 6) is -4.17. The maximum Gasteiger partial charge on any atom is 0.328 e. The molecule has 0 aliphatic rings. The van der Waals surface area contributed by atoms with Gasteiger partial charge in [0.1, 0.15) is 17.1 Å². The molecule has 2 atom stereocenters. The summed E-state index contributed by atoms with van der Waals surface area (Å²) in [6, 6.07) is 1.66. The lowest BCUT2D eigenvalue weighted by molar-refractivity contribution is -0.141. The zero-order valence-corrected chi connectivity index (χ0v) is 9.42. The van der Waals surface area contributed by atoms with Gasteiger partial charge in [-0.25, -0.2) is 9.18 Å². The molecule has 2 unspecified atom stereocenters. The number of aliphatic carboxylic acids is 1. The molecule has 0 aromatic heterocycles. The predicted octanol–water partition coefficient (Wildman–Crippen LogP) is 0.0951. The van der Waals surface area contributed by atoms with Crippen LogP contribution in [-0.2, 0) is 4.79 Å². The minimum atomic E-state index is -1.59. The molecule has 1 aromatic rings. The number of carboxylic acids is 1. The highest BCUT2D eigenvalue weighted by Gasteiger charge is 2.27. The second-order valence-corrected chi connectivity index (χ2v) is 3.66. The van der Waals surface area contributed by atoms with Gasteiger partial charge < -0.3 is 20.6 Å². The van der Waals surface area contributed by atoms with Gasteiger partial charge in [-0.15, -0.1) is 0 Å². The maximum atomic E-state index is 13.3. The Hall–Kier alpha value is -2.15. The molecule has 18 heavy (non-hydrogen) atoms. The summed E-state index contributed by atoms with van der Waals surface area (Å²) in [5, 5.41) is 29.2. The first-order valence-electron chi connectivity index (χ1n) is 5.03. The van der Waals surface area contributed by atoms with Crippen LogP contribution in [0.5, 0.6) is 5.75 Å². The van der Waals surface area contributed by atoms with E-state index in [0.29, 0.717) is 0 Å².